The SMILES string of the molecule is N#CCC#Cc1ccc(C(F)(F)F)c(F)c1. The van der Waals surface area contributed by atoms with Gasteiger partial charge in [-0.1, -0.05) is 11.8 Å². The second-order valence-electron chi connectivity index (χ2n) is 2.83. The van der Waals surface area contributed by atoms with Crippen molar-refractivity contribution < 1.29 is 17.6 Å². The molecule has 1 aromatic rings. The molecule has 0 saturated carbocycles. The van der Waals surface area contributed by atoms with Gasteiger partial charge in [-0.25, -0.2) is 4.39 Å². The van der Waals surface area contributed by atoms with Gasteiger partial charge in [0.05, 0.1) is 18.1 Å². The molecule has 0 bridgehead atoms. The fourth-order valence-corrected chi connectivity index (χ4v) is 1.01. The van der Waals surface area contributed by atoms with Crippen molar-refractivity contribution in [3.8, 4) is 17.9 Å². The van der Waals surface area contributed by atoms with Crippen molar-refractivity contribution in [3.05, 3.63) is 35.1 Å². The first-order valence-electron chi connectivity index (χ1n) is 4.17. The molecule has 16 heavy (non-hydrogen) atoms. The standard InChI is InChI=1S/C11H5F4N/c12-10-7-8(3-1-2-6-16)4-5-9(10)11(13,14)15/h4-5,7H,2H2. The fraction of sp³-hybridized carbons (Fsp3) is 0.182. The van der Waals surface area contributed by atoms with Crippen molar-refractivity contribution in [2.75, 3.05) is 0 Å². The van der Waals surface area contributed by atoms with Gasteiger partial charge < -0.3 is 0 Å². The van der Waals surface area contributed by atoms with Crippen molar-refractivity contribution in [2.45, 2.75) is 12.6 Å². The van der Waals surface area contributed by atoms with Gasteiger partial charge in [-0.2, -0.15) is 18.4 Å². The van der Waals surface area contributed by atoms with E-state index >= 15 is 0 Å². The minimum Gasteiger partial charge on any atom is -0.206 e. The number of benzene rings is 1. The molecule has 0 aliphatic rings. The first-order valence-corrected chi connectivity index (χ1v) is 4.17. The number of hydrogen-bond donors (Lipinski definition) is 0. The van der Waals surface area contributed by atoms with Gasteiger partial charge in [0.25, 0.3) is 0 Å². The van der Waals surface area contributed by atoms with Crippen LogP contribution in [0.2, 0.25) is 0 Å². The van der Waals surface area contributed by atoms with E-state index in [1.807, 2.05) is 0 Å². The largest absolute Gasteiger partial charge is 0.419 e. The Kier molecular flexibility index (Phi) is 3.52. The molecular formula is C11H5F4N. The predicted octanol–water partition coefficient (Wildman–Crippen LogP) is 3.11. The summed E-state index contributed by atoms with van der Waals surface area (Å²) in [4.78, 5) is 0. The van der Waals surface area contributed by atoms with Crippen LogP contribution in [-0.4, -0.2) is 0 Å². The molecule has 0 saturated heterocycles. The molecule has 82 valence electrons. The van der Waals surface area contributed by atoms with E-state index in [0.29, 0.717) is 12.1 Å². The van der Waals surface area contributed by atoms with Crippen LogP contribution in [0.3, 0.4) is 0 Å². The lowest BCUT2D eigenvalue weighted by Crippen LogP contribution is -2.07. The zero-order valence-electron chi connectivity index (χ0n) is 7.90. The quantitative estimate of drug-likeness (QED) is 0.493. The first-order chi connectivity index (χ1) is 7.45. The highest BCUT2D eigenvalue weighted by molar-refractivity contribution is 5.38. The number of nitriles is 1. The van der Waals surface area contributed by atoms with Crippen LogP contribution in [0.15, 0.2) is 18.2 Å². The van der Waals surface area contributed by atoms with E-state index < -0.39 is 17.6 Å². The molecular weight excluding hydrogens is 222 g/mol. The van der Waals surface area contributed by atoms with E-state index in [9.17, 15) is 17.6 Å². The summed E-state index contributed by atoms with van der Waals surface area (Å²) in [6, 6.07) is 4.14. The Bertz CT molecular complexity index is 485. The van der Waals surface area contributed by atoms with Crippen LogP contribution in [0, 0.1) is 29.0 Å². The molecule has 0 aromatic heterocycles. The van der Waals surface area contributed by atoms with Crippen molar-refractivity contribution in [1.29, 1.82) is 5.26 Å². The maximum absolute atomic E-state index is 13.0. The Labute approximate surface area is 89.3 Å². The Hall–Kier alpha value is -2.01. The molecule has 0 N–H and O–H groups in total. The number of alkyl halides is 3. The Morgan fingerprint density at radius 2 is 1.94 bits per heavy atom. The van der Waals surface area contributed by atoms with Crippen LogP contribution in [0.4, 0.5) is 17.6 Å². The van der Waals surface area contributed by atoms with E-state index in [1.54, 1.807) is 6.07 Å². The minimum absolute atomic E-state index is 0.0529. The van der Waals surface area contributed by atoms with E-state index in [2.05, 4.69) is 11.8 Å². The van der Waals surface area contributed by atoms with Crippen molar-refractivity contribution in [2.24, 2.45) is 0 Å². The van der Waals surface area contributed by atoms with Crippen LogP contribution >= 0.6 is 0 Å². The summed E-state index contributed by atoms with van der Waals surface area (Å²) in [5, 5.41) is 8.17. The van der Waals surface area contributed by atoms with E-state index in [-0.39, 0.29) is 12.0 Å². The van der Waals surface area contributed by atoms with Crippen molar-refractivity contribution >= 4 is 0 Å². The third-order valence-electron chi connectivity index (χ3n) is 1.67. The molecule has 0 atom stereocenters. The zero-order chi connectivity index (χ0) is 12.2. The number of halogens is 4. The highest BCUT2D eigenvalue weighted by Crippen LogP contribution is 2.31. The van der Waals surface area contributed by atoms with Gasteiger partial charge in [-0.05, 0) is 18.2 Å². The van der Waals surface area contributed by atoms with Crippen LogP contribution in [0.1, 0.15) is 17.5 Å². The Morgan fingerprint density at radius 3 is 2.44 bits per heavy atom. The lowest BCUT2D eigenvalue weighted by molar-refractivity contribution is -0.140. The van der Waals surface area contributed by atoms with Gasteiger partial charge in [0.2, 0.25) is 0 Å². The van der Waals surface area contributed by atoms with Gasteiger partial charge in [0, 0.05) is 5.56 Å². The van der Waals surface area contributed by atoms with Crippen LogP contribution in [0.5, 0.6) is 0 Å². The molecule has 0 radical (unpaired) electrons. The number of rotatable bonds is 0. The van der Waals surface area contributed by atoms with Gasteiger partial charge in [-0.3, -0.25) is 0 Å². The lowest BCUT2D eigenvalue weighted by Gasteiger charge is -2.07. The average molecular weight is 227 g/mol. The van der Waals surface area contributed by atoms with E-state index in [0.717, 1.165) is 6.07 Å². The van der Waals surface area contributed by atoms with Gasteiger partial charge in [-0.15, -0.1) is 0 Å². The smallest absolute Gasteiger partial charge is 0.206 e. The van der Waals surface area contributed by atoms with E-state index in [1.165, 1.54) is 0 Å². The molecule has 0 amide bonds. The monoisotopic (exact) mass is 227 g/mol. The maximum atomic E-state index is 13.0. The van der Waals surface area contributed by atoms with E-state index in [4.69, 9.17) is 5.26 Å². The van der Waals surface area contributed by atoms with Crippen LogP contribution < -0.4 is 0 Å². The third kappa shape index (κ3) is 2.99. The molecule has 1 nitrogen and oxygen atoms in total. The molecule has 0 unspecified atom stereocenters. The molecule has 1 aromatic carbocycles. The second kappa shape index (κ2) is 4.67. The summed E-state index contributed by atoms with van der Waals surface area (Å²) in [5.74, 6) is 3.40. The molecule has 0 heterocycles. The second-order valence-corrected chi connectivity index (χ2v) is 2.83. The van der Waals surface area contributed by atoms with Crippen molar-refractivity contribution in [1.82, 2.24) is 0 Å². The molecule has 1 rings (SSSR count). The van der Waals surface area contributed by atoms with Gasteiger partial charge in [0.1, 0.15) is 5.82 Å². The van der Waals surface area contributed by atoms with Gasteiger partial charge >= 0.3 is 6.18 Å². The normalized spacial score (nSPS) is 10.2. The Morgan fingerprint density at radius 1 is 1.25 bits per heavy atom. The highest BCUT2D eigenvalue weighted by Gasteiger charge is 2.33. The molecule has 0 aliphatic heterocycles. The molecule has 5 heteroatoms. The number of nitrogens with zero attached hydrogens (tertiary/aromatic N) is 1. The summed E-state index contributed by atoms with van der Waals surface area (Å²) in [7, 11) is 0. The average Bonchev–Trinajstić information content (AvgIpc) is 2.16. The maximum Gasteiger partial charge on any atom is 0.419 e. The summed E-state index contributed by atoms with van der Waals surface area (Å²) in [6.45, 7) is 0. The molecule has 0 fully saturated rings. The fourth-order valence-electron chi connectivity index (χ4n) is 1.01. The molecule has 0 spiro atoms. The highest BCUT2D eigenvalue weighted by atomic mass is 19.4. The Balaban J connectivity index is 3.03. The van der Waals surface area contributed by atoms with Gasteiger partial charge in [0.15, 0.2) is 0 Å². The summed E-state index contributed by atoms with van der Waals surface area (Å²) in [5.41, 5.74) is -1.21. The summed E-state index contributed by atoms with van der Waals surface area (Å²) in [6.07, 6.45) is -4.76. The van der Waals surface area contributed by atoms with Crippen LogP contribution in [-0.2, 0) is 6.18 Å². The summed E-state index contributed by atoms with van der Waals surface area (Å²) < 4.78 is 49.5. The predicted molar refractivity (Wildman–Crippen MR) is 48.5 cm³/mol. The van der Waals surface area contributed by atoms with Crippen LogP contribution in [0.25, 0.3) is 0 Å². The minimum atomic E-state index is -4.71. The lowest BCUT2D eigenvalue weighted by atomic mass is 10.1. The number of hydrogen-bond acceptors (Lipinski definition) is 1. The summed E-state index contributed by atoms with van der Waals surface area (Å²) >= 11 is 0. The topological polar surface area (TPSA) is 23.8 Å². The third-order valence-corrected chi connectivity index (χ3v) is 1.67. The molecule has 0 aliphatic carbocycles. The first kappa shape index (κ1) is 12.1. The van der Waals surface area contributed by atoms with Crippen molar-refractivity contribution in [3.63, 3.8) is 0 Å². The zero-order valence-corrected chi connectivity index (χ0v) is 7.90.